The predicted octanol–water partition coefficient (Wildman–Crippen LogP) is 4.46. The Morgan fingerprint density at radius 3 is 1.96 bits per heavy atom. The maximum Gasteiger partial charge on any atom is 0.203 e. The average molecular weight is 323 g/mol. The summed E-state index contributed by atoms with van der Waals surface area (Å²) >= 11 is 6.07. The SMILES string of the molecule is O=C(c1ccccc1)C(O)(c1ccccc1)c1cccc(Cl)c1. The Balaban J connectivity index is 2.21. The second kappa shape index (κ2) is 6.37. The van der Waals surface area contributed by atoms with Gasteiger partial charge in [-0.3, -0.25) is 4.79 Å². The summed E-state index contributed by atoms with van der Waals surface area (Å²) in [5, 5.41) is 11.9. The summed E-state index contributed by atoms with van der Waals surface area (Å²) in [4.78, 5) is 13.1. The lowest BCUT2D eigenvalue weighted by molar-refractivity contribution is 0.0488. The first-order valence-electron chi connectivity index (χ1n) is 7.26. The summed E-state index contributed by atoms with van der Waals surface area (Å²) in [7, 11) is 0. The van der Waals surface area contributed by atoms with Crippen LogP contribution < -0.4 is 0 Å². The van der Waals surface area contributed by atoms with Crippen LogP contribution in [-0.4, -0.2) is 10.9 Å². The maximum atomic E-state index is 13.1. The van der Waals surface area contributed by atoms with Crippen molar-refractivity contribution in [1.29, 1.82) is 0 Å². The molecular formula is C20H15ClO2. The van der Waals surface area contributed by atoms with Gasteiger partial charge in [0.15, 0.2) is 5.60 Å². The second-order valence-electron chi connectivity index (χ2n) is 5.28. The third-order valence-electron chi connectivity index (χ3n) is 3.80. The fourth-order valence-corrected chi connectivity index (χ4v) is 2.81. The van der Waals surface area contributed by atoms with Crippen molar-refractivity contribution in [3.8, 4) is 0 Å². The number of aliphatic hydroxyl groups is 1. The van der Waals surface area contributed by atoms with Gasteiger partial charge in [-0.15, -0.1) is 0 Å². The van der Waals surface area contributed by atoms with E-state index in [-0.39, 0.29) is 5.78 Å². The Labute approximate surface area is 140 Å². The summed E-state index contributed by atoms with van der Waals surface area (Å²) < 4.78 is 0. The van der Waals surface area contributed by atoms with E-state index in [1.807, 2.05) is 12.1 Å². The molecule has 0 heterocycles. The molecule has 114 valence electrons. The summed E-state index contributed by atoms with van der Waals surface area (Å²) in [6.07, 6.45) is 0. The Morgan fingerprint density at radius 1 is 0.783 bits per heavy atom. The molecule has 2 nitrogen and oxygen atoms in total. The Hall–Kier alpha value is -2.42. The normalized spacial score (nSPS) is 13.3. The Morgan fingerprint density at radius 2 is 1.35 bits per heavy atom. The Kier molecular flexibility index (Phi) is 4.28. The maximum absolute atomic E-state index is 13.1. The fraction of sp³-hybridized carbons (Fsp3) is 0.0500. The van der Waals surface area contributed by atoms with Crippen LogP contribution in [0.1, 0.15) is 21.5 Å². The molecule has 0 amide bonds. The van der Waals surface area contributed by atoms with Gasteiger partial charge >= 0.3 is 0 Å². The summed E-state index contributed by atoms with van der Waals surface area (Å²) in [6, 6.07) is 24.4. The average Bonchev–Trinajstić information content (AvgIpc) is 2.62. The van der Waals surface area contributed by atoms with E-state index in [9.17, 15) is 9.90 Å². The number of benzene rings is 3. The third kappa shape index (κ3) is 2.91. The van der Waals surface area contributed by atoms with Crippen molar-refractivity contribution in [2.45, 2.75) is 5.60 Å². The quantitative estimate of drug-likeness (QED) is 0.720. The largest absolute Gasteiger partial charge is 0.373 e. The van der Waals surface area contributed by atoms with Crippen molar-refractivity contribution in [3.05, 3.63) is 107 Å². The van der Waals surface area contributed by atoms with Crippen LogP contribution in [0.25, 0.3) is 0 Å². The minimum atomic E-state index is -1.78. The van der Waals surface area contributed by atoms with Crippen molar-refractivity contribution in [2.75, 3.05) is 0 Å². The number of carbonyl (C=O) groups is 1. The molecule has 0 aliphatic rings. The first-order chi connectivity index (χ1) is 11.1. The van der Waals surface area contributed by atoms with Gasteiger partial charge in [-0.2, -0.15) is 0 Å². The molecule has 3 rings (SSSR count). The van der Waals surface area contributed by atoms with Gasteiger partial charge in [0.1, 0.15) is 0 Å². The van der Waals surface area contributed by atoms with Crippen molar-refractivity contribution < 1.29 is 9.90 Å². The number of rotatable bonds is 4. The lowest BCUT2D eigenvalue weighted by Crippen LogP contribution is -2.37. The van der Waals surface area contributed by atoms with Gasteiger partial charge in [0.2, 0.25) is 5.78 Å². The minimum absolute atomic E-state index is 0.383. The molecule has 0 bridgehead atoms. The van der Waals surface area contributed by atoms with E-state index in [2.05, 4.69) is 0 Å². The topological polar surface area (TPSA) is 37.3 Å². The second-order valence-corrected chi connectivity index (χ2v) is 5.72. The number of hydrogen-bond donors (Lipinski definition) is 1. The molecule has 0 aliphatic carbocycles. The number of halogens is 1. The monoisotopic (exact) mass is 322 g/mol. The van der Waals surface area contributed by atoms with Crippen molar-refractivity contribution >= 4 is 17.4 Å². The van der Waals surface area contributed by atoms with Crippen LogP contribution in [0.5, 0.6) is 0 Å². The van der Waals surface area contributed by atoms with Gasteiger partial charge in [0.25, 0.3) is 0 Å². The highest BCUT2D eigenvalue weighted by Gasteiger charge is 2.40. The van der Waals surface area contributed by atoms with E-state index < -0.39 is 5.60 Å². The number of Topliss-reactive ketones (excluding diaryl/α,β-unsaturated/α-hetero) is 1. The van der Waals surface area contributed by atoms with E-state index in [0.717, 1.165) is 0 Å². The van der Waals surface area contributed by atoms with Crippen LogP contribution in [0.2, 0.25) is 5.02 Å². The van der Waals surface area contributed by atoms with Crippen molar-refractivity contribution in [2.24, 2.45) is 0 Å². The van der Waals surface area contributed by atoms with E-state index in [4.69, 9.17) is 11.6 Å². The molecule has 23 heavy (non-hydrogen) atoms. The van der Waals surface area contributed by atoms with E-state index in [1.165, 1.54) is 0 Å². The lowest BCUT2D eigenvalue weighted by atomic mass is 9.80. The van der Waals surface area contributed by atoms with Gasteiger partial charge in [0.05, 0.1) is 0 Å². The number of ketones is 1. The van der Waals surface area contributed by atoms with Gasteiger partial charge < -0.3 is 5.11 Å². The molecule has 3 aromatic rings. The fourth-order valence-electron chi connectivity index (χ4n) is 2.62. The number of carbonyl (C=O) groups excluding carboxylic acids is 1. The molecule has 0 aromatic heterocycles. The summed E-state index contributed by atoms with van der Waals surface area (Å²) in [6.45, 7) is 0. The zero-order chi connectivity index (χ0) is 16.3. The Bertz CT molecular complexity index is 815. The molecule has 0 fully saturated rings. The van der Waals surface area contributed by atoms with Crippen LogP contribution in [0.4, 0.5) is 0 Å². The predicted molar refractivity (Wildman–Crippen MR) is 91.7 cm³/mol. The molecule has 0 radical (unpaired) electrons. The first kappa shape index (κ1) is 15.5. The zero-order valence-corrected chi connectivity index (χ0v) is 13.1. The molecule has 0 spiro atoms. The molecule has 0 saturated heterocycles. The highest BCUT2D eigenvalue weighted by atomic mass is 35.5. The highest BCUT2D eigenvalue weighted by Crippen LogP contribution is 2.34. The number of hydrogen-bond acceptors (Lipinski definition) is 2. The standard InChI is InChI=1S/C20H15ClO2/c21-18-13-7-12-17(14-18)20(23,16-10-5-2-6-11-16)19(22)15-8-3-1-4-9-15/h1-14,23H. The zero-order valence-electron chi connectivity index (χ0n) is 12.3. The van der Waals surface area contributed by atoms with Gasteiger partial charge in [-0.25, -0.2) is 0 Å². The van der Waals surface area contributed by atoms with Gasteiger partial charge in [0, 0.05) is 10.6 Å². The van der Waals surface area contributed by atoms with Crippen molar-refractivity contribution in [1.82, 2.24) is 0 Å². The molecule has 3 aromatic carbocycles. The van der Waals surface area contributed by atoms with Crippen LogP contribution >= 0.6 is 11.6 Å². The molecule has 1 N–H and O–H groups in total. The first-order valence-corrected chi connectivity index (χ1v) is 7.64. The molecule has 1 unspecified atom stereocenters. The molecular weight excluding hydrogens is 308 g/mol. The van der Waals surface area contributed by atoms with Crippen LogP contribution in [0, 0.1) is 0 Å². The van der Waals surface area contributed by atoms with E-state index >= 15 is 0 Å². The van der Waals surface area contributed by atoms with Crippen LogP contribution in [0.15, 0.2) is 84.9 Å². The van der Waals surface area contributed by atoms with Crippen LogP contribution in [-0.2, 0) is 5.60 Å². The van der Waals surface area contributed by atoms with E-state index in [1.54, 1.807) is 72.8 Å². The highest BCUT2D eigenvalue weighted by molar-refractivity contribution is 6.30. The van der Waals surface area contributed by atoms with Gasteiger partial charge in [-0.05, 0) is 23.3 Å². The lowest BCUT2D eigenvalue weighted by Gasteiger charge is -2.28. The van der Waals surface area contributed by atoms with E-state index in [0.29, 0.717) is 21.7 Å². The summed E-state index contributed by atoms with van der Waals surface area (Å²) in [5.74, 6) is -0.383. The third-order valence-corrected chi connectivity index (χ3v) is 4.03. The molecule has 3 heteroatoms. The van der Waals surface area contributed by atoms with Gasteiger partial charge in [-0.1, -0.05) is 84.4 Å². The minimum Gasteiger partial charge on any atom is -0.373 e. The molecule has 0 aliphatic heterocycles. The molecule has 1 atom stereocenters. The summed E-state index contributed by atoms with van der Waals surface area (Å²) in [5.41, 5.74) is -0.381. The van der Waals surface area contributed by atoms with Crippen molar-refractivity contribution in [3.63, 3.8) is 0 Å². The molecule has 0 saturated carbocycles. The van der Waals surface area contributed by atoms with Crippen LogP contribution in [0.3, 0.4) is 0 Å². The smallest absolute Gasteiger partial charge is 0.203 e.